The molecule has 0 N–H and O–H groups in total. The number of hydrogen-bond donors (Lipinski definition) is 0. The zero-order valence-corrected chi connectivity index (χ0v) is 16.7. The van der Waals surface area contributed by atoms with Gasteiger partial charge < -0.3 is 9.47 Å². The number of piperazine rings is 1. The molecule has 142 valence electrons. The Hall–Kier alpha value is -2.38. The quantitative estimate of drug-likeness (QED) is 0.697. The smallest absolute Gasteiger partial charge is 0.243 e. The van der Waals surface area contributed by atoms with Crippen LogP contribution in [0.4, 0.5) is 5.95 Å². The standard InChI is InChI=1S/C20H24N4O2S/c1-15-8-9-19(16(2)14-15)27(25,26)24-12-10-23(11-13-24)20-21-17-6-4-5-7-18(17)22(20)3/h4-9,14H,10-13H2,1-3H3. The van der Waals surface area contributed by atoms with Crippen molar-refractivity contribution >= 4 is 27.0 Å². The molecule has 1 aliphatic rings. The number of nitrogens with zero attached hydrogens (tertiary/aromatic N) is 4. The summed E-state index contributed by atoms with van der Waals surface area (Å²) in [6.07, 6.45) is 0. The van der Waals surface area contributed by atoms with E-state index in [2.05, 4.69) is 9.47 Å². The summed E-state index contributed by atoms with van der Waals surface area (Å²) in [6, 6.07) is 13.5. The SMILES string of the molecule is Cc1ccc(S(=O)(=O)N2CCN(c3nc4ccccc4n3C)CC2)c(C)c1. The van der Waals surface area contributed by atoms with Crippen LogP contribution < -0.4 is 4.90 Å². The molecule has 0 spiro atoms. The number of imidazole rings is 1. The summed E-state index contributed by atoms with van der Waals surface area (Å²) < 4.78 is 29.8. The van der Waals surface area contributed by atoms with Crippen LogP contribution in [-0.2, 0) is 17.1 Å². The van der Waals surface area contributed by atoms with Crippen molar-refractivity contribution in [3.8, 4) is 0 Å². The summed E-state index contributed by atoms with van der Waals surface area (Å²) in [6.45, 7) is 5.99. The van der Waals surface area contributed by atoms with Gasteiger partial charge in [0.2, 0.25) is 16.0 Å². The van der Waals surface area contributed by atoms with Gasteiger partial charge in [-0.3, -0.25) is 0 Å². The Morgan fingerprint density at radius 1 is 0.963 bits per heavy atom. The third kappa shape index (κ3) is 3.11. The van der Waals surface area contributed by atoms with E-state index < -0.39 is 10.0 Å². The van der Waals surface area contributed by atoms with Gasteiger partial charge in [-0.15, -0.1) is 0 Å². The Balaban J connectivity index is 1.55. The average Bonchev–Trinajstić information content (AvgIpc) is 2.99. The van der Waals surface area contributed by atoms with Gasteiger partial charge in [0, 0.05) is 33.2 Å². The number of para-hydroxylation sites is 2. The van der Waals surface area contributed by atoms with Crippen LogP contribution in [0.5, 0.6) is 0 Å². The van der Waals surface area contributed by atoms with Crippen LogP contribution in [0.1, 0.15) is 11.1 Å². The predicted molar refractivity (Wildman–Crippen MR) is 108 cm³/mol. The minimum Gasteiger partial charge on any atom is -0.340 e. The molecule has 0 amide bonds. The number of aryl methyl sites for hydroxylation is 3. The fourth-order valence-electron chi connectivity index (χ4n) is 3.77. The van der Waals surface area contributed by atoms with E-state index in [0.717, 1.165) is 28.1 Å². The van der Waals surface area contributed by atoms with Gasteiger partial charge in [0.05, 0.1) is 15.9 Å². The summed E-state index contributed by atoms with van der Waals surface area (Å²) in [7, 11) is -1.47. The van der Waals surface area contributed by atoms with Gasteiger partial charge in [-0.2, -0.15) is 4.31 Å². The van der Waals surface area contributed by atoms with Gasteiger partial charge in [-0.05, 0) is 37.6 Å². The minimum absolute atomic E-state index is 0.407. The van der Waals surface area contributed by atoms with E-state index >= 15 is 0 Å². The molecule has 0 atom stereocenters. The van der Waals surface area contributed by atoms with Crippen LogP contribution in [-0.4, -0.2) is 48.5 Å². The molecule has 1 aromatic heterocycles. The first kappa shape index (κ1) is 18.0. The molecule has 1 fully saturated rings. The Labute approximate surface area is 160 Å². The van der Waals surface area contributed by atoms with Crippen molar-refractivity contribution in [1.29, 1.82) is 0 Å². The van der Waals surface area contributed by atoms with Gasteiger partial charge in [0.1, 0.15) is 0 Å². The van der Waals surface area contributed by atoms with Crippen LogP contribution >= 0.6 is 0 Å². The maximum atomic E-state index is 13.1. The molecule has 2 aromatic carbocycles. The molecule has 0 radical (unpaired) electrons. The van der Waals surface area contributed by atoms with Gasteiger partial charge in [0.25, 0.3) is 0 Å². The van der Waals surface area contributed by atoms with E-state index in [1.165, 1.54) is 0 Å². The lowest BCUT2D eigenvalue weighted by Gasteiger charge is -2.34. The summed E-state index contributed by atoms with van der Waals surface area (Å²) in [4.78, 5) is 7.29. The molecule has 1 aliphatic heterocycles. The number of fused-ring (bicyclic) bond motifs is 1. The zero-order valence-electron chi connectivity index (χ0n) is 15.9. The number of benzene rings is 2. The monoisotopic (exact) mass is 384 g/mol. The highest BCUT2D eigenvalue weighted by molar-refractivity contribution is 7.89. The Morgan fingerprint density at radius 3 is 2.33 bits per heavy atom. The van der Waals surface area contributed by atoms with Crippen molar-refractivity contribution in [1.82, 2.24) is 13.9 Å². The van der Waals surface area contributed by atoms with Gasteiger partial charge in [-0.25, -0.2) is 13.4 Å². The van der Waals surface area contributed by atoms with E-state index in [-0.39, 0.29) is 0 Å². The van der Waals surface area contributed by atoms with Gasteiger partial charge in [-0.1, -0.05) is 29.8 Å². The molecule has 27 heavy (non-hydrogen) atoms. The van der Waals surface area contributed by atoms with Gasteiger partial charge >= 0.3 is 0 Å². The Morgan fingerprint density at radius 2 is 1.67 bits per heavy atom. The first-order valence-corrected chi connectivity index (χ1v) is 10.6. The summed E-state index contributed by atoms with van der Waals surface area (Å²) in [5.41, 5.74) is 3.91. The lowest BCUT2D eigenvalue weighted by atomic mass is 10.2. The first-order valence-electron chi connectivity index (χ1n) is 9.12. The molecule has 0 saturated carbocycles. The largest absolute Gasteiger partial charge is 0.340 e. The highest BCUT2D eigenvalue weighted by Gasteiger charge is 2.30. The molecule has 4 rings (SSSR count). The minimum atomic E-state index is -3.47. The van der Waals surface area contributed by atoms with E-state index in [1.807, 2.05) is 57.3 Å². The topological polar surface area (TPSA) is 58.4 Å². The summed E-state index contributed by atoms with van der Waals surface area (Å²) >= 11 is 0. The van der Waals surface area contributed by atoms with E-state index in [1.54, 1.807) is 10.4 Å². The number of aromatic nitrogens is 2. The third-order valence-electron chi connectivity index (χ3n) is 5.23. The maximum absolute atomic E-state index is 13.1. The lowest BCUT2D eigenvalue weighted by Crippen LogP contribution is -2.49. The van der Waals surface area contributed by atoms with Crippen molar-refractivity contribution in [3.63, 3.8) is 0 Å². The second-order valence-corrected chi connectivity index (χ2v) is 9.03. The van der Waals surface area contributed by atoms with Crippen LogP contribution in [0.3, 0.4) is 0 Å². The molecular formula is C20H24N4O2S. The van der Waals surface area contributed by atoms with Crippen LogP contribution in [0.2, 0.25) is 0 Å². The fraction of sp³-hybridized carbons (Fsp3) is 0.350. The summed E-state index contributed by atoms with van der Waals surface area (Å²) in [5.74, 6) is 0.889. The van der Waals surface area contributed by atoms with E-state index in [9.17, 15) is 8.42 Å². The van der Waals surface area contributed by atoms with Crippen molar-refractivity contribution in [2.45, 2.75) is 18.7 Å². The number of hydrogen-bond acceptors (Lipinski definition) is 4. The van der Waals surface area contributed by atoms with Crippen LogP contribution in [0.25, 0.3) is 11.0 Å². The van der Waals surface area contributed by atoms with Crippen molar-refractivity contribution in [2.24, 2.45) is 7.05 Å². The maximum Gasteiger partial charge on any atom is 0.243 e. The normalized spacial score (nSPS) is 16.2. The molecule has 3 aromatic rings. The Kier molecular flexibility index (Phi) is 4.44. The summed E-state index contributed by atoms with van der Waals surface area (Å²) in [5, 5.41) is 0. The number of sulfonamides is 1. The lowest BCUT2D eigenvalue weighted by molar-refractivity contribution is 0.381. The van der Waals surface area contributed by atoms with Crippen molar-refractivity contribution in [3.05, 3.63) is 53.6 Å². The van der Waals surface area contributed by atoms with Crippen molar-refractivity contribution in [2.75, 3.05) is 31.1 Å². The van der Waals surface area contributed by atoms with Crippen molar-refractivity contribution < 1.29 is 8.42 Å². The third-order valence-corrected chi connectivity index (χ3v) is 7.29. The van der Waals surface area contributed by atoms with Gasteiger partial charge in [0.15, 0.2) is 0 Å². The molecular weight excluding hydrogens is 360 g/mol. The average molecular weight is 385 g/mol. The number of rotatable bonds is 3. The van der Waals surface area contributed by atoms with Crippen LogP contribution in [0.15, 0.2) is 47.4 Å². The second-order valence-electron chi connectivity index (χ2n) is 7.12. The molecule has 0 aliphatic carbocycles. The fourth-order valence-corrected chi connectivity index (χ4v) is 5.40. The molecule has 7 heteroatoms. The molecule has 1 saturated heterocycles. The molecule has 6 nitrogen and oxygen atoms in total. The number of anilines is 1. The predicted octanol–water partition coefficient (Wildman–Crippen LogP) is 2.70. The zero-order chi connectivity index (χ0) is 19.2. The molecule has 0 bridgehead atoms. The molecule has 0 unspecified atom stereocenters. The van der Waals surface area contributed by atoms with Crippen LogP contribution in [0, 0.1) is 13.8 Å². The second kappa shape index (κ2) is 6.65. The highest BCUT2D eigenvalue weighted by atomic mass is 32.2. The van der Waals surface area contributed by atoms with E-state index in [0.29, 0.717) is 31.1 Å². The first-order chi connectivity index (χ1) is 12.9. The highest BCUT2D eigenvalue weighted by Crippen LogP contribution is 2.25. The molecule has 2 heterocycles. The van der Waals surface area contributed by atoms with E-state index in [4.69, 9.17) is 4.98 Å². The Bertz CT molecular complexity index is 1100.